The van der Waals surface area contributed by atoms with Crippen molar-refractivity contribution in [3.8, 4) is 6.07 Å². The van der Waals surface area contributed by atoms with Crippen LogP contribution in [-0.2, 0) is 14.4 Å². The number of nitrogens with zero attached hydrogens (tertiary/aromatic N) is 3. The van der Waals surface area contributed by atoms with Gasteiger partial charge in [0.05, 0.1) is 6.07 Å². The molecular formula is C18H14N4O3. The van der Waals surface area contributed by atoms with Gasteiger partial charge in [0.15, 0.2) is 12.0 Å². The third-order valence-corrected chi connectivity index (χ3v) is 3.69. The fourth-order valence-corrected chi connectivity index (χ4v) is 2.41. The average molecular weight is 334 g/mol. The van der Waals surface area contributed by atoms with Crippen molar-refractivity contribution in [1.82, 2.24) is 4.98 Å². The van der Waals surface area contributed by atoms with E-state index in [0.29, 0.717) is 0 Å². The van der Waals surface area contributed by atoms with Gasteiger partial charge in [-0.05, 0) is 17.7 Å². The summed E-state index contributed by atoms with van der Waals surface area (Å²) < 4.78 is 0. The Morgan fingerprint density at radius 3 is 2.64 bits per heavy atom. The number of Topliss-reactive ketones (excluding diaryl/α,β-unsaturated/α-hetero) is 1. The second-order valence-electron chi connectivity index (χ2n) is 5.38. The van der Waals surface area contributed by atoms with E-state index < -0.39 is 23.7 Å². The molecule has 0 spiro atoms. The molecule has 0 saturated carbocycles. The number of rotatable bonds is 5. The average Bonchev–Trinajstić information content (AvgIpc) is 3.14. The zero-order valence-electron chi connectivity index (χ0n) is 13.1. The number of aromatic nitrogens is 1. The predicted octanol–water partition coefficient (Wildman–Crippen LogP) is 2.25. The normalized spacial score (nSPS) is 16.9. The summed E-state index contributed by atoms with van der Waals surface area (Å²) in [6, 6.07) is 16.0. The maximum atomic E-state index is 12.5. The Morgan fingerprint density at radius 2 is 1.96 bits per heavy atom. The summed E-state index contributed by atoms with van der Waals surface area (Å²) in [6.45, 7) is 0. The number of hydrogen-bond donors (Lipinski definition) is 1. The standard InChI is InChI=1S/C18H14N4O3/c19-11-13(18(24)21-16-8-4-5-9-20-16)17(23)14-10-15(25-22-14)12-6-2-1-3-7-12/h1-9,13,15H,10H2,(H,20,21,24)/t13-,15-/m1/s1. The summed E-state index contributed by atoms with van der Waals surface area (Å²) in [5.74, 6) is -2.63. The van der Waals surface area contributed by atoms with Gasteiger partial charge >= 0.3 is 0 Å². The van der Waals surface area contributed by atoms with E-state index in [9.17, 15) is 14.9 Å². The first-order chi connectivity index (χ1) is 12.2. The van der Waals surface area contributed by atoms with E-state index in [1.54, 1.807) is 24.3 Å². The van der Waals surface area contributed by atoms with E-state index >= 15 is 0 Å². The fourth-order valence-electron chi connectivity index (χ4n) is 2.41. The van der Waals surface area contributed by atoms with Crippen LogP contribution in [0.2, 0.25) is 0 Å². The molecule has 0 unspecified atom stereocenters. The summed E-state index contributed by atoms with van der Waals surface area (Å²) in [5, 5.41) is 15.5. The number of amides is 1. The summed E-state index contributed by atoms with van der Waals surface area (Å²) in [4.78, 5) is 33.9. The van der Waals surface area contributed by atoms with Crippen LogP contribution >= 0.6 is 0 Å². The van der Waals surface area contributed by atoms with E-state index in [0.717, 1.165) is 5.56 Å². The Morgan fingerprint density at radius 1 is 1.20 bits per heavy atom. The lowest BCUT2D eigenvalue weighted by molar-refractivity contribution is -0.125. The molecule has 2 aromatic rings. The van der Waals surface area contributed by atoms with Gasteiger partial charge in [-0.2, -0.15) is 5.26 Å². The van der Waals surface area contributed by atoms with E-state index in [1.807, 2.05) is 30.3 Å². The van der Waals surface area contributed by atoms with Crippen molar-refractivity contribution in [3.05, 3.63) is 60.3 Å². The SMILES string of the molecule is N#C[C@@H](C(=O)Nc1ccccn1)C(=O)C1=NO[C@@H](c2ccccc2)C1. The van der Waals surface area contributed by atoms with Crippen LogP contribution in [0.4, 0.5) is 5.82 Å². The second kappa shape index (κ2) is 7.36. The summed E-state index contributed by atoms with van der Waals surface area (Å²) >= 11 is 0. The molecule has 0 bridgehead atoms. The first-order valence-corrected chi connectivity index (χ1v) is 7.62. The van der Waals surface area contributed by atoms with E-state index in [2.05, 4.69) is 15.5 Å². The highest BCUT2D eigenvalue weighted by atomic mass is 16.6. The lowest BCUT2D eigenvalue weighted by atomic mass is 9.96. The zero-order chi connectivity index (χ0) is 17.6. The molecule has 25 heavy (non-hydrogen) atoms. The number of anilines is 1. The molecule has 1 aliphatic heterocycles. The van der Waals surface area contributed by atoms with Gasteiger partial charge in [0.2, 0.25) is 5.78 Å². The Balaban J connectivity index is 1.67. The van der Waals surface area contributed by atoms with Gasteiger partial charge in [0.1, 0.15) is 11.5 Å². The van der Waals surface area contributed by atoms with Crippen molar-refractivity contribution in [2.45, 2.75) is 12.5 Å². The summed E-state index contributed by atoms with van der Waals surface area (Å²) in [6.07, 6.45) is 1.33. The predicted molar refractivity (Wildman–Crippen MR) is 89.3 cm³/mol. The number of pyridine rings is 1. The molecule has 1 aliphatic rings. The third kappa shape index (κ3) is 3.70. The highest BCUT2D eigenvalue weighted by Crippen LogP contribution is 2.28. The molecule has 7 nitrogen and oxygen atoms in total. The van der Waals surface area contributed by atoms with Gasteiger partial charge < -0.3 is 10.2 Å². The largest absolute Gasteiger partial charge is 0.387 e. The molecule has 3 rings (SSSR count). The van der Waals surface area contributed by atoms with Gasteiger partial charge in [0, 0.05) is 12.6 Å². The smallest absolute Gasteiger partial charge is 0.250 e. The maximum Gasteiger partial charge on any atom is 0.250 e. The second-order valence-corrected chi connectivity index (χ2v) is 5.38. The molecule has 0 fully saturated rings. The summed E-state index contributed by atoms with van der Waals surface area (Å²) in [5.41, 5.74) is 0.956. The van der Waals surface area contributed by atoms with Crippen LogP contribution in [0.1, 0.15) is 18.1 Å². The van der Waals surface area contributed by atoms with Crippen LogP contribution in [0.5, 0.6) is 0 Å². The molecule has 1 aromatic carbocycles. The molecule has 1 aromatic heterocycles. The Kier molecular flexibility index (Phi) is 4.81. The van der Waals surface area contributed by atoms with Crippen LogP contribution in [0.15, 0.2) is 59.9 Å². The number of carbonyl (C=O) groups is 2. The van der Waals surface area contributed by atoms with Crippen molar-refractivity contribution < 1.29 is 14.4 Å². The molecule has 2 atom stereocenters. The number of benzene rings is 1. The molecule has 1 N–H and O–H groups in total. The highest BCUT2D eigenvalue weighted by molar-refractivity contribution is 6.45. The van der Waals surface area contributed by atoms with Crippen molar-refractivity contribution in [3.63, 3.8) is 0 Å². The molecule has 124 valence electrons. The number of carbonyl (C=O) groups excluding carboxylic acids is 2. The van der Waals surface area contributed by atoms with Gasteiger partial charge in [-0.3, -0.25) is 9.59 Å². The first kappa shape index (κ1) is 16.3. The van der Waals surface area contributed by atoms with E-state index in [1.165, 1.54) is 6.20 Å². The summed E-state index contributed by atoms with van der Waals surface area (Å²) in [7, 11) is 0. The monoisotopic (exact) mass is 334 g/mol. The first-order valence-electron chi connectivity index (χ1n) is 7.62. The van der Waals surface area contributed by atoms with Crippen molar-refractivity contribution in [2.75, 3.05) is 5.32 Å². The van der Waals surface area contributed by atoms with Crippen LogP contribution < -0.4 is 5.32 Å². The molecule has 0 saturated heterocycles. The van der Waals surface area contributed by atoms with Crippen LogP contribution in [0.3, 0.4) is 0 Å². The van der Waals surface area contributed by atoms with Crippen LogP contribution in [-0.4, -0.2) is 22.4 Å². The quantitative estimate of drug-likeness (QED) is 0.844. The third-order valence-electron chi connectivity index (χ3n) is 3.69. The number of nitriles is 1. The molecule has 0 radical (unpaired) electrons. The van der Waals surface area contributed by atoms with Gasteiger partial charge in [-0.15, -0.1) is 0 Å². The number of hydrogen-bond acceptors (Lipinski definition) is 6. The molecule has 2 heterocycles. The molecule has 0 aliphatic carbocycles. The Hall–Kier alpha value is -3.53. The van der Waals surface area contributed by atoms with E-state index in [-0.39, 0.29) is 18.0 Å². The number of nitrogens with one attached hydrogen (secondary N) is 1. The zero-order valence-corrected chi connectivity index (χ0v) is 13.1. The van der Waals surface area contributed by atoms with Gasteiger partial charge in [0.25, 0.3) is 5.91 Å². The molecule has 7 heteroatoms. The van der Waals surface area contributed by atoms with Crippen molar-refractivity contribution in [1.29, 1.82) is 5.26 Å². The topological polar surface area (TPSA) is 104 Å². The highest BCUT2D eigenvalue weighted by Gasteiger charge is 2.35. The lowest BCUT2D eigenvalue weighted by Gasteiger charge is -2.09. The minimum absolute atomic E-state index is 0.0802. The Bertz CT molecular complexity index is 844. The maximum absolute atomic E-state index is 12.5. The molecular weight excluding hydrogens is 320 g/mol. The minimum Gasteiger partial charge on any atom is -0.387 e. The minimum atomic E-state index is -1.50. The fraction of sp³-hybridized carbons (Fsp3) is 0.167. The van der Waals surface area contributed by atoms with Gasteiger partial charge in [-0.1, -0.05) is 41.6 Å². The van der Waals surface area contributed by atoms with Crippen molar-refractivity contribution in [2.24, 2.45) is 11.1 Å². The van der Waals surface area contributed by atoms with Crippen molar-refractivity contribution >= 4 is 23.2 Å². The Labute approximate surface area is 143 Å². The lowest BCUT2D eigenvalue weighted by Crippen LogP contribution is -2.33. The van der Waals surface area contributed by atoms with Crippen LogP contribution in [0, 0.1) is 17.2 Å². The van der Waals surface area contributed by atoms with E-state index in [4.69, 9.17) is 4.84 Å². The molecule has 1 amide bonds. The van der Waals surface area contributed by atoms with Gasteiger partial charge in [-0.25, -0.2) is 4.98 Å². The number of ketones is 1. The number of oxime groups is 1. The van der Waals surface area contributed by atoms with Crippen LogP contribution in [0.25, 0.3) is 0 Å².